The van der Waals surface area contributed by atoms with E-state index in [1.807, 2.05) is 17.0 Å². The van der Waals surface area contributed by atoms with Gasteiger partial charge in [0.15, 0.2) is 0 Å². The van der Waals surface area contributed by atoms with Crippen molar-refractivity contribution in [1.82, 2.24) is 19.6 Å². The van der Waals surface area contributed by atoms with E-state index in [1.165, 1.54) is 5.56 Å². The molecule has 1 aromatic carbocycles. The number of nitriles is 1. The summed E-state index contributed by atoms with van der Waals surface area (Å²) in [6.45, 7) is 10.3. The predicted octanol–water partition coefficient (Wildman–Crippen LogP) is 1.53. The van der Waals surface area contributed by atoms with Crippen LogP contribution in [0.5, 0.6) is 0 Å². The first-order chi connectivity index (χ1) is 14.6. The fourth-order valence-corrected chi connectivity index (χ4v) is 4.01. The van der Waals surface area contributed by atoms with Crippen LogP contribution in [0, 0.1) is 11.3 Å². The van der Waals surface area contributed by atoms with Crippen molar-refractivity contribution in [2.75, 3.05) is 78.7 Å². The highest BCUT2D eigenvalue weighted by molar-refractivity contribution is 6.30. The van der Waals surface area contributed by atoms with Crippen molar-refractivity contribution in [3.05, 3.63) is 34.9 Å². The Morgan fingerprint density at radius 3 is 2.40 bits per heavy atom. The van der Waals surface area contributed by atoms with Crippen LogP contribution in [0.2, 0.25) is 5.02 Å². The second kappa shape index (κ2) is 12.2. The first kappa shape index (κ1) is 23.0. The summed E-state index contributed by atoms with van der Waals surface area (Å²) in [6, 6.07) is 10.2. The van der Waals surface area contributed by atoms with E-state index in [4.69, 9.17) is 21.6 Å². The topological polar surface area (TPSA) is 63.1 Å². The number of hydrogen-bond donors (Lipinski definition) is 0. The number of morpholine rings is 1. The van der Waals surface area contributed by atoms with E-state index in [9.17, 15) is 4.79 Å². The van der Waals surface area contributed by atoms with E-state index >= 15 is 0 Å². The van der Waals surface area contributed by atoms with Crippen molar-refractivity contribution in [1.29, 1.82) is 5.26 Å². The Bertz CT molecular complexity index is 694. The minimum absolute atomic E-state index is 0.168. The average molecular weight is 434 g/mol. The number of piperazine rings is 1. The zero-order valence-corrected chi connectivity index (χ0v) is 18.4. The van der Waals surface area contributed by atoms with Gasteiger partial charge in [-0.2, -0.15) is 5.26 Å². The van der Waals surface area contributed by atoms with Crippen molar-refractivity contribution < 1.29 is 9.53 Å². The van der Waals surface area contributed by atoms with Crippen molar-refractivity contribution >= 4 is 17.5 Å². The Morgan fingerprint density at radius 1 is 1.03 bits per heavy atom. The van der Waals surface area contributed by atoms with E-state index in [1.54, 1.807) is 0 Å². The molecule has 0 unspecified atom stereocenters. The largest absolute Gasteiger partial charge is 0.379 e. The van der Waals surface area contributed by atoms with Gasteiger partial charge in [0, 0.05) is 76.9 Å². The molecule has 1 aromatic rings. The van der Waals surface area contributed by atoms with Gasteiger partial charge in [-0.1, -0.05) is 23.7 Å². The second-order valence-electron chi connectivity index (χ2n) is 7.92. The molecule has 30 heavy (non-hydrogen) atoms. The number of rotatable bonds is 9. The Hall–Kier alpha value is -1.69. The molecule has 0 spiro atoms. The van der Waals surface area contributed by atoms with Crippen LogP contribution in [-0.2, 0) is 16.1 Å². The maximum Gasteiger partial charge on any atom is 0.236 e. The van der Waals surface area contributed by atoms with Crippen LogP contribution in [0.25, 0.3) is 0 Å². The third kappa shape index (κ3) is 7.53. The van der Waals surface area contributed by atoms with Crippen molar-refractivity contribution in [3.63, 3.8) is 0 Å². The first-order valence-corrected chi connectivity index (χ1v) is 11.2. The van der Waals surface area contributed by atoms with Crippen molar-refractivity contribution in [3.8, 4) is 6.07 Å². The van der Waals surface area contributed by atoms with Crippen LogP contribution in [0.4, 0.5) is 0 Å². The normalized spacial score (nSPS) is 18.5. The molecule has 0 radical (unpaired) electrons. The van der Waals surface area contributed by atoms with Gasteiger partial charge in [-0.3, -0.25) is 19.5 Å². The summed E-state index contributed by atoms with van der Waals surface area (Å²) in [5.74, 6) is 0.168. The molecular weight excluding hydrogens is 402 g/mol. The lowest BCUT2D eigenvalue weighted by molar-refractivity contribution is -0.134. The summed E-state index contributed by atoms with van der Waals surface area (Å²) in [5, 5.41) is 9.72. The molecule has 0 saturated carbocycles. The van der Waals surface area contributed by atoms with Crippen LogP contribution in [0.15, 0.2) is 24.3 Å². The SMILES string of the molecule is N#CCCN(CCN1CCOCC1)CC(=O)N1CCN(Cc2ccc(Cl)cc2)CC1. The molecule has 2 heterocycles. The zero-order chi connectivity index (χ0) is 21.2. The third-order valence-corrected chi connectivity index (χ3v) is 6.03. The van der Waals surface area contributed by atoms with Crippen LogP contribution >= 0.6 is 11.6 Å². The minimum Gasteiger partial charge on any atom is -0.379 e. The van der Waals surface area contributed by atoms with Crippen molar-refractivity contribution in [2.45, 2.75) is 13.0 Å². The molecular formula is C22H32ClN5O2. The minimum atomic E-state index is 0.168. The van der Waals surface area contributed by atoms with Gasteiger partial charge >= 0.3 is 0 Å². The summed E-state index contributed by atoms with van der Waals surface area (Å²) in [5.41, 5.74) is 1.24. The van der Waals surface area contributed by atoms with Crippen LogP contribution in [0.1, 0.15) is 12.0 Å². The number of halogens is 1. The molecule has 0 atom stereocenters. The third-order valence-electron chi connectivity index (χ3n) is 5.78. The van der Waals surface area contributed by atoms with Crippen molar-refractivity contribution in [2.24, 2.45) is 0 Å². The monoisotopic (exact) mass is 433 g/mol. The van der Waals surface area contributed by atoms with E-state index < -0.39 is 0 Å². The zero-order valence-electron chi connectivity index (χ0n) is 17.6. The van der Waals surface area contributed by atoms with Crippen LogP contribution < -0.4 is 0 Å². The van der Waals surface area contributed by atoms with Crippen LogP contribution in [-0.4, -0.2) is 104 Å². The quantitative estimate of drug-likeness (QED) is 0.588. The Balaban J connectivity index is 1.42. The molecule has 0 bridgehead atoms. The average Bonchev–Trinajstić information content (AvgIpc) is 2.78. The maximum atomic E-state index is 12.9. The molecule has 2 aliphatic heterocycles. The highest BCUT2D eigenvalue weighted by Crippen LogP contribution is 2.13. The fraction of sp³-hybridized carbons (Fsp3) is 0.636. The van der Waals surface area contributed by atoms with Gasteiger partial charge in [0.25, 0.3) is 0 Å². The van der Waals surface area contributed by atoms with E-state index in [2.05, 4.69) is 32.9 Å². The molecule has 7 nitrogen and oxygen atoms in total. The summed E-state index contributed by atoms with van der Waals surface area (Å²) in [6.07, 6.45) is 0.450. The molecule has 0 aliphatic carbocycles. The fourth-order valence-electron chi connectivity index (χ4n) is 3.88. The molecule has 0 N–H and O–H groups in total. The van der Waals surface area contributed by atoms with Gasteiger partial charge in [0.1, 0.15) is 0 Å². The van der Waals surface area contributed by atoms with Crippen LogP contribution in [0.3, 0.4) is 0 Å². The lowest BCUT2D eigenvalue weighted by Gasteiger charge is -2.36. The molecule has 3 rings (SSSR count). The lowest BCUT2D eigenvalue weighted by atomic mass is 10.2. The molecule has 164 valence electrons. The van der Waals surface area contributed by atoms with E-state index in [0.717, 1.165) is 77.1 Å². The van der Waals surface area contributed by atoms with Gasteiger partial charge in [-0.05, 0) is 17.7 Å². The Labute approximate surface area is 184 Å². The number of carbonyl (C=O) groups excluding carboxylic acids is 1. The number of hydrogen-bond acceptors (Lipinski definition) is 6. The van der Waals surface area contributed by atoms with Gasteiger partial charge < -0.3 is 9.64 Å². The molecule has 2 saturated heterocycles. The highest BCUT2D eigenvalue weighted by Gasteiger charge is 2.23. The number of benzene rings is 1. The summed E-state index contributed by atoms with van der Waals surface area (Å²) >= 11 is 5.96. The second-order valence-corrected chi connectivity index (χ2v) is 8.36. The summed E-state index contributed by atoms with van der Waals surface area (Å²) < 4.78 is 5.40. The smallest absolute Gasteiger partial charge is 0.236 e. The molecule has 1 amide bonds. The summed E-state index contributed by atoms with van der Waals surface area (Å²) in [4.78, 5) is 21.7. The van der Waals surface area contributed by atoms with E-state index in [0.29, 0.717) is 19.5 Å². The highest BCUT2D eigenvalue weighted by atomic mass is 35.5. The number of amides is 1. The lowest BCUT2D eigenvalue weighted by Crippen LogP contribution is -2.51. The number of ether oxygens (including phenoxy) is 1. The molecule has 2 fully saturated rings. The molecule has 0 aromatic heterocycles. The maximum absolute atomic E-state index is 12.9. The molecule has 2 aliphatic rings. The van der Waals surface area contributed by atoms with Gasteiger partial charge in [0.05, 0.1) is 25.8 Å². The van der Waals surface area contributed by atoms with Gasteiger partial charge in [0.2, 0.25) is 5.91 Å². The first-order valence-electron chi connectivity index (χ1n) is 10.8. The number of carbonyl (C=O) groups is 1. The summed E-state index contributed by atoms with van der Waals surface area (Å²) in [7, 11) is 0. The number of nitrogens with zero attached hydrogens (tertiary/aromatic N) is 5. The Kier molecular flexibility index (Phi) is 9.37. The Morgan fingerprint density at radius 2 is 1.73 bits per heavy atom. The standard InChI is InChI=1S/C22H32ClN5O2/c23-21-4-2-20(3-5-21)18-27-10-12-28(13-11-27)22(29)19-26(7-1-6-24)9-8-25-14-16-30-17-15-25/h2-5H,1,7-19H2. The van der Waals surface area contributed by atoms with Gasteiger partial charge in [-0.25, -0.2) is 0 Å². The van der Waals surface area contributed by atoms with Gasteiger partial charge in [-0.15, -0.1) is 0 Å². The predicted molar refractivity (Wildman–Crippen MR) is 117 cm³/mol. The van der Waals surface area contributed by atoms with E-state index in [-0.39, 0.29) is 5.91 Å². The molecule has 8 heteroatoms.